The second-order valence-electron chi connectivity index (χ2n) is 3.36. The van der Waals surface area contributed by atoms with Gasteiger partial charge >= 0.3 is 0 Å². The minimum absolute atomic E-state index is 0.0890. The van der Waals surface area contributed by atoms with E-state index in [4.69, 9.17) is 0 Å². The van der Waals surface area contributed by atoms with Crippen molar-refractivity contribution >= 4 is 11.8 Å². The van der Waals surface area contributed by atoms with Gasteiger partial charge in [0.25, 0.3) is 5.91 Å². The van der Waals surface area contributed by atoms with E-state index in [1.54, 1.807) is 20.2 Å². The van der Waals surface area contributed by atoms with Crippen molar-refractivity contribution < 1.29 is 9.59 Å². The molecular formula is C11H18N2O2. The maximum absolute atomic E-state index is 11.3. The second-order valence-corrected chi connectivity index (χ2v) is 3.36. The van der Waals surface area contributed by atoms with Gasteiger partial charge in [-0.15, -0.1) is 0 Å². The molecule has 4 nitrogen and oxygen atoms in total. The van der Waals surface area contributed by atoms with E-state index in [-0.39, 0.29) is 17.5 Å². The fourth-order valence-electron chi connectivity index (χ4n) is 0.871. The highest BCUT2D eigenvalue weighted by Gasteiger charge is 2.10. The Bertz CT molecular complexity index is 280. The number of unbranched alkanes of at least 4 members (excludes halogenated alkanes) is 1. The Labute approximate surface area is 90.6 Å². The highest BCUT2D eigenvalue weighted by atomic mass is 16.2. The fourth-order valence-corrected chi connectivity index (χ4v) is 0.871. The Kier molecular flexibility index (Phi) is 6.09. The molecular weight excluding hydrogens is 192 g/mol. The summed E-state index contributed by atoms with van der Waals surface area (Å²) in [5.74, 6) is -0.615. The third-order valence-electron chi connectivity index (χ3n) is 1.66. The SMILES string of the molecule is C=C(NC(=O)C=CCCC)C(=O)N(C)C. The largest absolute Gasteiger partial charge is 0.344 e. The summed E-state index contributed by atoms with van der Waals surface area (Å²) in [4.78, 5) is 23.9. The molecule has 15 heavy (non-hydrogen) atoms. The van der Waals surface area contributed by atoms with Gasteiger partial charge in [0.15, 0.2) is 0 Å². The van der Waals surface area contributed by atoms with Gasteiger partial charge in [0, 0.05) is 14.1 Å². The Balaban J connectivity index is 4.08. The monoisotopic (exact) mass is 210 g/mol. The first-order valence-corrected chi connectivity index (χ1v) is 4.87. The summed E-state index contributed by atoms with van der Waals surface area (Å²) in [6.07, 6.45) is 5.02. The van der Waals surface area contributed by atoms with E-state index in [2.05, 4.69) is 11.9 Å². The average Bonchev–Trinajstić information content (AvgIpc) is 2.16. The number of carbonyl (C=O) groups excluding carboxylic acids is 2. The summed E-state index contributed by atoms with van der Waals surface area (Å²) < 4.78 is 0. The zero-order valence-electron chi connectivity index (χ0n) is 9.54. The number of amides is 2. The first kappa shape index (κ1) is 13.4. The van der Waals surface area contributed by atoms with Crippen molar-refractivity contribution in [1.29, 1.82) is 0 Å². The molecule has 0 aliphatic carbocycles. The minimum Gasteiger partial charge on any atom is -0.344 e. The van der Waals surface area contributed by atoms with Crippen molar-refractivity contribution in [3.05, 3.63) is 24.4 Å². The third kappa shape index (κ3) is 5.67. The lowest BCUT2D eigenvalue weighted by Gasteiger charge is -2.12. The molecule has 1 N–H and O–H groups in total. The van der Waals surface area contributed by atoms with Crippen molar-refractivity contribution in [2.45, 2.75) is 19.8 Å². The predicted molar refractivity (Wildman–Crippen MR) is 60.0 cm³/mol. The van der Waals surface area contributed by atoms with E-state index in [9.17, 15) is 9.59 Å². The van der Waals surface area contributed by atoms with Crippen LogP contribution >= 0.6 is 0 Å². The van der Waals surface area contributed by atoms with Crippen LogP contribution in [0.2, 0.25) is 0 Å². The number of nitrogens with one attached hydrogen (secondary N) is 1. The fraction of sp³-hybridized carbons (Fsp3) is 0.455. The van der Waals surface area contributed by atoms with E-state index in [1.807, 2.05) is 6.92 Å². The zero-order chi connectivity index (χ0) is 11.8. The molecule has 0 atom stereocenters. The molecule has 0 fully saturated rings. The Hall–Kier alpha value is -1.58. The minimum atomic E-state index is -0.316. The molecule has 0 radical (unpaired) electrons. The van der Waals surface area contributed by atoms with Crippen LogP contribution in [-0.4, -0.2) is 30.8 Å². The van der Waals surface area contributed by atoms with Crippen LogP contribution < -0.4 is 5.32 Å². The van der Waals surface area contributed by atoms with E-state index < -0.39 is 0 Å². The number of nitrogens with zero attached hydrogens (tertiary/aromatic N) is 1. The highest BCUT2D eigenvalue weighted by Crippen LogP contribution is 1.92. The molecule has 0 rings (SSSR count). The molecule has 0 aliphatic rings. The lowest BCUT2D eigenvalue weighted by atomic mass is 10.3. The maximum atomic E-state index is 11.3. The van der Waals surface area contributed by atoms with Gasteiger partial charge in [0.1, 0.15) is 0 Å². The Morgan fingerprint density at radius 2 is 2.00 bits per heavy atom. The average molecular weight is 210 g/mol. The molecule has 0 saturated heterocycles. The van der Waals surface area contributed by atoms with Crippen LogP contribution in [0.5, 0.6) is 0 Å². The van der Waals surface area contributed by atoms with Gasteiger partial charge in [-0.1, -0.05) is 26.0 Å². The van der Waals surface area contributed by atoms with Crippen LogP contribution in [0, 0.1) is 0 Å². The van der Waals surface area contributed by atoms with Crippen LogP contribution in [0.1, 0.15) is 19.8 Å². The number of carbonyl (C=O) groups is 2. The lowest BCUT2D eigenvalue weighted by molar-refractivity contribution is -0.126. The molecule has 84 valence electrons. The van der Waals surface area contributed by atoms with Gasteiger partial charge in [-0.2, -0.15) is 0 Å². The maximum Gasteiger partial charge on any atom is 0.269 e. The van der Waals surface area contributed by atoms with Gasteiger partial charge in [-0.3, -0.25) is 9.59 Å². The number of hydrogen-bond acceptors (Lipinski definition) is 2. The summed E-state index contributed by atoms with van der Waals surface area (Å²) in [6.45, 7) is 5.51. The molecule has 0 saturated carbocycles. The van der Waals surface area contributed by atoms with Gasteiger partial charge < -0.3 is 10.2 Å². The molecule has 2 amide bonds. The molecule has 0 aliphatic heterocycles. The van der Waals surface area contributed by atoms with Crippen LogP contribution in [0.15, 0.2) is 24.4 Å². The molecule has 0 unspecified atom stereocenters. The molecule has 0 aromatic rings. The number of allylic oxidation sites excluding steroid dienone is 1. The van der Waals surface area contributed by atoms with Crippen molar-refractivity contribution in [1.82, 2.24) is 10.2 Å². The van der Waals surface area contributed by atoms with Crippen LogP contribution in [0.3, 0.4) is 0 Å². The van der Waals surface area contributed by atoms with Gasteiger partial charge in [-0.25, -0.2) is 0 Å². The van der Waals surface area contributed by atoms with Gasteiger partial charge in [-0.05, 0) is 12.5 Å². The highest BCUT2D eigenvalue weighted by molar-refractivity contribution is 5.99. The topological polar surface area (TPSA) is 49.4 Å². The van der Waals surface area contributed by atoms with Crippen molar-refractivity contribution in [2.75, 3.05) is 14.1 Å². The van der Waals surface area contributed by atoms with E-state index >= 15 is 0 Å². The Morgan fingerprint density at radius 1 is 1.40 bits per heavy atom. The molecule has 0 spiro atoms. The smallest absolute Gasteiger partial charge is 0.269 e. The first-order chi connectivity index (χ1) is 6.99. The summed E-state index contributed by atoms with van der Waals surface area (Å²) in [5.41, 5.74) is 0.0890. The quantitative estimate of drug-likeness (QED) is 0.690. The predicted octanol–water partition coefficient (Wildman–Crippen LogP) is 1.06. The molecule has 0 bridgehead atoms. The standard InChI is InChI=1S/C11H18N2O2/c1-5-6-7-8-10(14)12-9(2)11(15)13(3)4/h7-8H,2,5-6H2,1,3-4H3,(H,12,14). The lowest BCUT2D eigenvalue weighted by Crippen LogP contribution is -2.32. The van der Waals surface area contributed by atoms with Gasteiger partial charge in [0.2, 0.25) is 5.91 Å². The molecule has 4 heteroatoms. The van der Waals surface area contributed by atoms with Crippen LogP contribution in [0.4, 0.5) is 0 Å². The first-order valence-electron chi connectivity index (χ1n) is 4.87. The van der Waals surface area contributed by atoms with Crippen LogP contribution in [0.25, 0.3) is 0 Å². The number of rotatable bonds is 5. The number of likely N-dealkylation sites (N-methyl/N-ethyl adjacent to an activating group) is 1. The summed E-state index contributed by atoms with van der Waals surface area (Å²) in [7, 11) is 3.21. The zero-order valence-corrected chi connectivity index (χ0v) is 9.54. The number of hydrogen-bond donors (Lipinski definition) is 1. The molecule has 0 aromatic heterocycles. The third-order valence-corrected chi connectivity index (χ3v) is 1.66. The van der Waals surface area contributed by atoms with Gasteiger partial charge in [0.05, 0.1) is 5.70 Å². The Morgan fingerprint density at radius 3 is 2.47 bits per heavy atom. The molecule has 0 heterocycles. The summed E-state index contributed by atoms with van der Waals surface area (Å²) in [5, 5.41) is 2.41. The second kappa shape index (κ2) is 6.81. The summed E-state index contributed by atoms with van der Waals surface area (Å²) >= 11 is 0. The van der Waals surface area contributed by atoms with Crippen molar-refractivity contribution in [2.24, 2.45) is 0 Å². The molecule has 0 aromatic carbocycles. The van der Waals surface area contributed by atoms with E-state index in [1.165, 1.54) is 11.0 Å². The normalized spacial score (nSPS) is 10.1. The van der Waals surface area contributed by atoms with Crippen molar-refractivity contribution in [3.8, 4) is 0 Å². The van der Waals surface area contributed by atoms with Crippen LogP contribution in [-0.2, 0) is 9.59 Å². The van der Waals surface area contributed by atoms with E-state index in [0.717, 1.165) is 12.8 Å². The van der Waals surface area contributed by atoms with Crippen molar-refractivity contribution in [3.63, 3.8) is 0 Å². The van der Waals surface area contributed by atoms with E-state index in [0.29, 0.717) is 0 Å². The summed E-state index contributed by atoms with van der Waals surface area (Å²) in [6, 6.07) is 0.